The number of hydrogen-bond donors (Lipinski definition) is 1. The number of rotatable bonds is 6. The highest BCUT2D eigenvalue weighted by atomic mass is 79.9. The van der Waals surface area contributed by atoms with E-state index in [9.17, 15) is 13.6 Å². The molecule has 8 heteroatoms. The van der Waals surface area contributed by atoms with E-state index < -0.39 is 12.5 Å². The van der Waals surface area contributed by atoms with E-state index in [1.54, 1.807) is 4.68 Å². The van der Waals surface area contributed by atoms with E-state index in [-0.39, 0.29) is 17.9 Å². The summed E-state index contributed by atoms with van der Waals surface area (Å²) in [5, 5.41) is 7.30. The number of alkyl halides is 2. The summed E-state index contributed by atoms with van der Waals surface area (Å²) in [5.41, 5.74) is 3.48. The monoisotopic (exact) mass is 449 g/mol. The molecule has 1 amide bonds. The maximum atomic E-state index is 12.6. The summed E-state index contributed by atoms with van der Waals surface area (Å²) >= 11 is 3.24. The molecule has 28 heavy (non-hydrogen) atoms. The van der Waals surface area contributed by atoms with Crippen molar-refractivity contribution in [3.63, 3.8) is 0 Å². The number of hydrogen-bond acceptors (Lipinski definition) is 3. The Morgan fingerprint density at radius 2 is 1.93 bits per heavy atom. The SMILES string of the molecule is Cc1nn(-c2ccccc2)c(C)c1CNC(=O)c1cc(Br)ccc1OC(F)F. The molecule has 0 atom stereocenters. The van der Waals surface area contributed by atoms with E-state index in [2.05, 4.69) is 31.1 Å². The molecule has 0 unspecified atom stereocenters. The van der Waals surface area contributed by atoms with Crippen LogP contribution in [0, 0.1) is 13.8 Å². The minimum Gasteiger partial charge on any atom is -0.434 e. The largest absolute Gasteiger partial charge is 0.434 e. The molecule has 0 saturated carbocycles. The van der Waals surface area contributed by atoms with Crippen molar-refractivity contribution in [2.45, 2.75) is 27.0 Å². The van der Waals surface area contributed by atoms with Crippen molar-refractivity contribution < 1.29 is 18.3 Å². The lowest BCUT2D eigenvalue weighted by Crippen LogP contribution is -2.24. The molecule has 0 spiro atoms. The molecule has 0 saturated heterocycles. The second kappa shape index (κ2) is 8.52. The van der Waals surface area contributed by atoms with Crippen LogP contribution in [-0.4, -0.2) is 22.3 Å². The van der Waals surface area contributed by atoms with Gasteiger partial charge in [0.05, 0.1) is 16.9 Å². The minimum atomic E-state index is -3.01. The van der Waals surface area contributed by atoms with Gasteiger partial charge in [-0.2, -0.15) is 13.9 Å². The fourth-order valence-corrected chi connectivity index (χ4v) is 3.25. The molecular formula is C20H18BrF2N3O2. The van der Waals surface area contributed by atoms with Crippen LogP contribution in [0.2, 0.25) is 0 Å². The average Bonchev–Trinajstić information content (AvgIpc) is 2.95. The van der Waals surface area contributed by atoms with Crippen LogP contribution in [0.3, 0.4) is 0 Å². The summed E-state index contributed by atoms with van der Waals surface area (Å²) < 4.78 is 32.1. The Morgan fingerprint density at radius 1 is 1.21 bits per heavy atom. The van der Waals surface area contributed by atoms with Crippen LogP contribution in [-0.2, 0) is 6.54 Å². The Kier molecular flexibility index (Phi) is 6.08. The van der Waals surface area contributed by atoms with Gasteiger partial charge in [0.2, 0.25) is 0 Å². The number of ether oxygens (including phenoxy) is 1. The van der Waals surface area contributed by atoms with Gasteiger partial charge in [-0.3, -0.25) is 4.79 Å². The number of nitrogens with one attached hydrogen (secondary N) is 1. The zero-order chi connectivity index (χ0) is 20.3. The third-order valence-corrected chi connectivity index (χ3v) is 4.76. The predicted molar refractivity (Wildman–Crippen MR) is 105 cm³/mol. The molecular weight excluding hydrogens is 432 g/mol. The van der Waals surface area contributed by atoms with Crippen molar-refractivity contribution in [2.24, 2.45) is 0 Å². The fourth-order valence-electron chi connectivity index (χ4n) is 2.89. The topological polar surface area (TPSA) is 56.2 Å². The van der Waals surface area contributed by atoms with Gasteiger partial charge in [-0.05, 0) is 44.2 Å². The van der Waals surface area contributed by atoms with Gasteiger partial charge in [0.15, 0.2) is 0 Å². The van der Waals surface area contributed by atoms with E-state index in [0.717, 1.165) is 22.6 Å². The summed E-state index contributed by atoms with van der Waals surface area (Å²) in [6.07, 6.45) is 0. The lowest BCUT2D eigenvalue weighted by atomic mass is 10.1. The van der Waals surface area contributed by atoms with Gasteiger partial charge in [-0.15, -0.1) is 0 Å². The minimum absolute atomic E-state index is 0.0282. The maximum absolute atomic E-state index is 12.6. The molecule has 0 aliphatic rings. The van der Waals surface area contributed by atoms with E-state index in [1.807, 2.05) is 44.2 Å². The highest BCUT2D eigenvalue weighted by molar-refractivity contribution is 9.10. The molecule has 3 aromatic rings. The van der Waals surface area contributed by atoms with E-state index in [4.69, 9.17) is 0 Å². The lowest BCUT2D eigenvalue weighted by Gasteiger charge is -2.12. The Hall–Kier alpha value is -2.74. The Morgan fingerprint density at radius 3 is 2.61 bits per heavy atom. The lowest BCUT2D eigenvalue weighted by molar-refractivity contribution is -0.0501. The number of nitrogens with zero attached hydrogens (tertiary/aromatic N) is 2. The van der Waals surface area contributed by atoms with Gasteiger partial charge in [0.1, 0.15) is 5.75 Å². The second-order valence-corrected chi connectivity index (χ2v) is 7.01. The van der Waals surface area contributed by atoms with Crippen molar-refractivity contribution in [1.29, 1.82) is 0 Å². The smallest absolute Gasteiger partial charge is 0.387 e. The average molecular weight is 450 g/mol. The van der Waals surface area contributed by atoms with Crippen LogP contribution >= 0.6 is 15.9 Å². The van der Waals surface area contributed by atoms with Crippen LogP contribution in [0.15, 0.2) is 53.0 Å². The van der Waals surface area contributed by atoms with Crippen molar-refractivity contribution in [3.8, 4) is 11.4 Å². The molecule has 5 nitrogen and oxygen atoms in total. The molecule has 2 aromatic carbocycles. The molecule has 3 rings (SSSR count). The highest BCUT2D eigenvalue weighted by Gasteiger charge is 2.18. The van der Waals surface area contributed by atoms with Gasteiger partial charge in [-0.1, -0.05) is 34.1 Å². The van der Waals surface area contributed by atoms with Crippen molar-refractivity contribution in [3.05, 3.63) is 75.5 Å². The van der Waals surface area contributed by atoms with Crippen LogP contribution in [0.25, 0.3) is 5.69 Å². The molecule has 1 aromatic heterocycles. The standard InChI is InChI=1S/C20H18BrF2N3O2/c1-12-17(13(2)26(25-12)15-6-4-3-5-7-15)11-24-19(27)16-10-14(21)8-9-18(16)28-20(22)23/h3-10,20H,11H2,1-2H3,(H,24,27). The van der Waals surface area contributed by atoms with Crippen LogP contribution in [0.5, 0.6) is 5.75 Å². The van der Waals surface area contributed by atoms with Crippen LogP contribution in [0.4, 0.5) is 8.78 Å². The zero-order valence-corrected chi connectivity index (χ0v) is 16.8. The van der Waals surface area contributed by atoms with Gasteiger partial charge in [0.25, 0.3) is 5.91 Å². The first-order chi connectivity index (χ1) is 13.4. The summed E-state index contributed by atoms with van der Waals surface area (Å²) in [5.74, 6) is -0.688. The first kappa shape index (κ1) is 20.0. The number of amides is 1. The number of aromatic nitrogens is 2. The first-order valence-corrected chi connectivity index (χ1v) is 9.29. The molecule has 0 radical (unpaired) electrons. The fraction of sp³-hybridized carbons (Fsp3) is 0.200. The summed E-state index contributed by atoms with van der Waals surface area (Å²) in [7, 11) is 0. The normalized spacial score (nSPS) is 10.9. The maximum Gasteiger partial charge on any atom is 0.387 e. The van der Waals surface area contributed by atoms with Gasteiger partial charge >= 0.3 is 6.61 Å². The highest BCUT2D eigenvalue weighted by Crippen LogP contribution is 2.25. The predicted octanol–water partition coefficient (Wildman–Crippen LogP) is 4.78. The van der Waals surface area contributed by atoms with Crippen molar-refractivity contribution in [1.82, 2.24) is 15.1 Å². The number of aryl methyl sites for hydroxylation is 1. The molecule has 1 N–H and O–H groups in total. The third-order valence-electron chi connectivity index (χ3n) is 4.27. The number of carbonyl (C=O) groups excluding carboxylic acids is 1. The van der Waals surface area contributed by atoms with E-state index in [0.29, 0.717) is 4.47 Å². The number of benzene rings is 2. The van der Waals surface area contributed by atoms with E-state index in [1.165, 1.54) is 18.2 Å². The second-order valence-electron chi connectivity index (χ2n) is 6.10. The Balaban J connectivity index is 1.81. The van der Waals surface area contributed by atoms with Crippen molar-refractivity contribution in [2.75, 3.05) is 0 Å². The van der Waals surface area contributed by atoms with Crippen LogP contribution < -0.4 is 10.1 Å². The quantitative estimate of drug-likeness (QED) is 0.588. The summed E-state index contributed by atoms with van der Waals surface area (Å²) in [6, 6.07) is 14.0. The Labute approximate surface area is 169 Å². The van der Waals surface area contributed by atoms with E-state index >= 15 is 0 Å². The first-order valence-electron chi connectivity index (χ1n) is 8.50. The summed E-state index contributed by atoms with van der Waals surface area (Å²) in [6.45, 7) is 0.975. The van der Waals surface area contributed by atoms with Gasteiger partial charge in [-0.25, -0.2) is 4.68 Å². The van der Waals surface area contributed by atoms with Crippen molar-refractivity contribution >= 4 is 21.8 Å². The number of halogens is 3. The molecule has 0 aliphatic heterocycles. The third kappa shape index (κ3) is 4.39. The van der Waals surface area contributed by atoms with Gasteiger partial charge in [0, 0.05) is 22.3 Å². The number of para-hydroxylation sites is 1. The van der Waals surface area contributed by atoms with Crippen LogP contribution in [0.1, 0.15) is 27.3 Å². The molecule has 0 aliphatic carbocycles. The molecule has 1 heterocycles. The molecule has 0 fully saturated rings. The molecule has 146 valence electrons. The Bertz CT molecular complexity index is 991. The zero-order valence-electron chi connectivity index (χ0n) is 15.2. The number of carbonyl (C=O) groups is 1. The molecule has 0 bridgehead atoms. The summed E-state index contributed by atoms with van der Waals surface area (Å²) in [4.78, 5) is 12.6. The van der Waals surface area contributed by atoms with Gasteiger partial charge < -0.3 is 10.1 Å².